The van der Waals surface area contributed by atoms with Crippen LogP contribution in [0.5, 0.6) is 0 Å². The predicted octanol–water partition coefficient (Wildman–Crippen LogP) is 2.20. The molecule has 0 aromatic heterocycles. The average molecular weight is 214 g/mol. The smallest absolute Gasteiger partial charge is 0 e. The van der Waals surface area contributed by atoms with Gasteiger partial charge in [0.2, 0.25) is 0 Å². The van der Waals surface area contributed by atoms with Crippen molar-refractivity contribution < 1.29 is 32.7 Å². The first-order valence-corrected chi connectivity index (χ1v) is 3.24. The van der Waals surface area contributed by atoms with Crippen molar-refractivity contribution in [3.63, 3.8) is 0 Å². The molecule has 1 radical (unpaired) electrons. The van der Waals surface area contributed by atoms with Crippen LogP contribution in [-0.4, -0.2) is 11.8 Å². The topological polar surface area (TPSA) is 12.4 Å². The third-order valence-electron chi connectivity index (χ3n) is 0.625. The molecule has 10 heavy (non-hydrogen) atoms. The molecule has 0 bridgehead atoms. The van der Waals surface area contributed by atoms with E-state index in [0.29, 0.717) is 5.92 Å². The van der Waals surface area contributed by atoms with Crippen molar-refractivity contribution in [3.8, 4) is 0 Å². The Bertz CT molecular complexity index is 100. The van der Waals surface area contributed by atoms with E-state index in [9.17, 15) is 0 Å². The van der Waals surface area contributed by atoms with Crippen LogP contribution in [0, 0.1) is 12.8 Å². The first kappa shape index (κ1) is 13.4. The molecule has 0 aliphatic carbocycles. The summed E-state index contributed by atoms with van der Waals surface area (Å²) in [5, 5.41) is 0. The van der Waals surface area contributed by atoms with Gasteiger partial charge in [-0.25, -0.2) is 0 Å². The van der Waals surface area contributed by atoms with Crippen molar-refractivity contribution in [2.45, 2.75) is 33.2 Å². The summed E-state index contributed by atoms with van der Waals surface area (Å²) in [5.74, 6) is 0.408. The maximum Gasteiger partial charge on any atom is 0 e. The Hall–Kier alpha value is 0.774. The number of rotatable bonds is 2. The molecule has 0 N–H and O–H groups in total. The number of aliphatic imine (C=N–C) groups is 1. The van der Waals surface area contributed by atoms with Crippen molar-refractivity contribution in [1.29, 1.82) is 0 Å². The molecular weight excluding hydrogens is 199 g/mol. The average Bonchev–Trinajstić information content (AvgIpc) is 1.59. The predicted molar refractivity (Wildman–Crippen MR) is 41.7 cm³/mol. The van der Waals surface area contributed by atoms with Crippen LogP contribution < -0.4 is 0 Å². The van der Waals surface area contributed by atoms with Crippen LogP contribution in [0.2, 0.25) is 0 Å². The minimum atomic E-state index is -0.204. The fraction of sp³-hybridized carbons (Fsp3) is 0.750. The monoisotopic (exact) mass is 214 g/mol. The van der Waals surface area contributed by atoms with Gasteiger partial charge in [0.1, 0.15) is 0 Å². The Kier molecular flexibility index (Phi) is 7.26. The largest absolute Gasteiger partial charge is 0.527 e. The van der Waals surface area contributed by atoms with Gasteiger partial charge in [0.25, 0.3) is 0 Å². The summed E-state index contributed by atoms with van der Waals surface area (Å²) in [6.07, 6.45) is 2.95. The van der Waals surface area contributed by atoms with Gasteiger partial charge in [-0.05, 0) is 0 Å². The third-order valence-corrected chi connectivity index (χ3v) is 0.625. The van der Waals surface area contributed by atoms with Gasteiger partial charge in [-0.3, -0.25) is 0 Å². The second-order valence-electron chi connectivity index (χ2n) is 3.21. The SMILES string of the molecule is [CH2-]C(C)(C)N=[C-]C(C)C.[Y]. The molecule has 0 aromatic carbocycles. The Morgan fingerprint density at radius 2 is 1.80 bits per heavy atom. The van der Waals surface area contributed by atoms with Gasteiger partial charge in [-0.15, -0.1) is 5.54 Å². The summed E-state index contributed by atoms with van der Waals surface area (Å²) in [5.41, 5.74) is -0.204. The second kappa shape index (κ2) is 5.43. The van der Waals surface area contributed by atoms with Crippen LogP contribution in [0.1, 0.15) is 27.7 Å². The molecular formula is C8H15NY-2. The standard InChI is InChI=1S/C8H15N.Y/c1-7(2)6-9-8(3,4)5;/h7H,3H2,1-2,4-5H3;/q-2;. The quantitative estimate of drug-likeness (QED) is 0.493. The summed E-state index contributed by atoms with van der Waals surface area (Å²) in [6.45, 7) is 11.8. The van der Waals surface area contributed by atoms with Gasteiger partial charge in [0, 0.05) is 32.7 Å². The zero-order valence-corrected chi connectivity index (χ0v) is 10.1. The van der Waals surface area contributed by atoms with Gasteiger partial charge >= 0.3 is 0 Å². The minimum Gasteiger partial charge on any atom is -0.527 e. The number of nitrogens with zero attached hydrogens (tertiary/aromatic N) is 1. The molecule has 0 rings (SSSR count). The normalized spacial score (nSPS) is 12.2. The Balaban J connectivity index is 0. The molecule has 57 valence electrons. The number of hydrogen-bond acceptors (Lipinski definition) is 1. The van der Waals surface area contributed by atoms with E-state index in [1.807, 2.05) is 13.8 Å². The molecule has 0 saturated heterocycles. The Labute approximate surface area is 89.6 Å². The maximum absolute atomic E-state index is 4.09. The summed E-state index contributed by atoms with van der Waals surface area (Å²) >= 11 is 0. The van der Waals surface area contributed by atoms with E-state index in [-0.39, 0.29) is 38.2 Å². The van der Waals surface area contributed by atoms with Gasteiger partial charge in [0.05, 0.1) is 0 Å². The molecule has 0 aliphatic heterocycles. The van der Waals surface area contributed by atoms with Crippen molar-refractivity contribution in [2.75, 3.05) is 0 Å². The Morgan fingerprint density at radius 3 is 1.90 bits per heavy atom. The maximum atomic E-state index is 4.09. The van der Waals surface area contributed by atoms with Crippen molar-refractivity contribution in [3.05, 3.63) is 6.92 Å². The molecule has 1 nitrogen and oxygen atoms in total. The van der Waals surface area contributed by atoms with Gasteiger partial charge < -0.3 is 18.1 Å². The molecule has 0 aliphatic rings. The molecule has 0 saturated carbocycles. The molecule has 2 heteroatoms. The second-order valence-corrected chi connectivity index (χ2v) is 3.21. The fourth-order valence-corrected chi connectivity index (χ4v) is 0.304. The van der Waals surface area contributed by atoms with Crippen LogP contribution in [0.15, 0.2) is 4.99 Å². The molecule has 0 spiro atoms. The van der Waals surface area contributed by atoms with Crippen LogP contribution in [-0.2, 0) is 32.7 Å². The van der Waals surface area contributed by atoms with E-state index in [0.717, 1.165) is 0 Å². The van der Waals surface area contributed by atoms with E-state index in [4.69, 9.17) is 0 Å². The van der Waals surface area contributed by atoms with Crippen molar-refractivity contribution >= 4 is 6.21 Å². The van der Waals surface area contributed by atoms with Crippen LogP contribution in [0.25, 0.3) is 0 Å². The van der Waals surface area contributed by atoms with Crippen molar-refractivity contribution in [2.24, 2.45) is 10.9 Å². The first-order chi connectivity index (χ1) is 3.92. The first-order valence-electron chi connectivity index (χ1n) is 3.24. The minimum absolute atomic E-state index is 0. The zero-order valence-electron chi connectivity index (χ0n) is 7.31. The Morgan fingerprint density at radius 1 is 1.40 bits per heavy atom. The van der Waals surface area contributed by atoms with E-state index in [2.05, 4.69) is 32.0 Å². The molecule has 0 atom stereocenters. The number of hydrogen-bond donors (Lipinski definition) is 0. The van der Waals surface area contributed by atoms with Gasteiger partial charge in [-0.2, -0.15) is 5.92 Å². The van der Waals surface area contributed by atoms with Gasteiger partial charge in [0.15, 0.2) is 0 Å². The van der Waals surface area contributed by atoms with E-state index in [1.54, 1.807) is 0 Å². The van der Waals surface area contributed by atoms with Gasteiger partial charge in [-0.1, -0.05) is 27.7 Å². The molecule has 0 amide bonds. The molecule has 0 fully saturated rings. The van der Waals surface area contributed by atoms with E-state index >= 15 is 0 Å². The summed E-state index contributed by atoms with van der Waals surface area (Å²) in [6, 6.07) is 0. The van der Waals surface area contributed by atoms with E-state index in [1.165, 1.54) is 0 Å². The molecule has 0 heterocycles. The van der Waals surface area contributed by atoms with Crippen LogP contribution >= 0.6 is 0 Å². The summed E-state index contributed by atoms with van der Waals surface area (Å²) in [7, 11) is 0. The third kappa shape index (κ3) is 11.6. The summed E-state index contributed by atoms with van der Waals surface area (Å²) in [4.78, 5) is 4.09. The van der Waals surface area contributed by atoms with Crippen molar-refractivity contribution in [1.82, 2.24) is 0 Å². The summed E-state index contributed by atoms with van der Waals surface area (Å²) < 4.78 is 0. The fourth-order valence-electron chi connectivity index (χ4n) is 0.304. The zero-order chi connectivity index (χ0) is 7.49. The molecule has 0 unspecified atom stereocenters. The van der Waals surface area contributed by atoms with Crippen LogP contribution in [0.3, 0.4) is 0 Å². The molecule has 0 aromatic rings. The van der Waals surface area contributed by atoms with E-state index < -0.39 is 0 Å². The van der Waals surface area contributed by atoms with Crippen LogP contribution in [0.4, 0.5) is 0 Å².